The fourth-order valence-electron chi connectivity index (χ4n) is 2.45. The zero-order valence-corrected chi connectivity index (χ0v) is 13.6. The quantitative estimate of drug-likeness (QED) is 0.385. The van der Waals surface area contributed by atoms with Gasteiger partial charge in [0.1, 0.15) is 0 Å². The highest BCUT2D eigenvalue weighted by Crippen LogP contribution is 2.44. The van der Waals surface area contributed by atoms with E-state index in [1.54, 1.807) is 0 Å². The molecule has 4 rings (SSSR count). The number of thiophene rings is 3. The summed E-state index contributed by atoms with van der Waals surface area (Å²) < 4.78 is 0. The van der Waals surface area contributed by atoms with Gasteiger partial charge in [0.05, 0.1) is 4.88 Å². The molecule has 0 aliphatic carbocycles. The summed E-state index contributed by atoms with van der Waals surface area (Å²) in [5, 5.41) is 6.53. The Kier molecular flexibility index (Phi) is 3.47. The standard InChI is InChI=1S/C18H12S3/c1-2-5-13(6-3-1)14-8-11-20-17(14)15-9-12-21-18(15)16-7-4-10-19-16/h1-12H. The number of hydrogen-bond donors (Lipinski definition) is 0. The van der Waals surface area contributed by atoms with E-state index in [-0.39, 0.29) is 0 Å². The number of benzene rings is 1. The SMILES string of the molecule is c1ccc(-c2ccsc2-c2ccsc2-c2cccs2)cc1. The van der Waals surface area contributed by atoms with Crippen LogP contribution in [0, 0.1) is 0 Å². The predicted octanol–water partition coefficient (Wildman–Crippen LogP) is 6.87. The van der Waals surface area contributed by atoms with Crippen LogP contribution in [0.5, 0.6) is 0 Å². The minimum Gasteiger partial charge on any atom is -0.143 e. The Hall–Kier alpha value is -1.68. The Balaban J connectivity index is 1.87. The van der Waals surface area contributed by atoms with Crippen molar-refractivity contribution in [3.8, 4) is 31.3 Å². The van der Waals surface area contributed by atoms with Crippen molar-refractivity contribution in [2.75, 3.05) is 0 Å². The van der Waals surface area contributed by atoms with Crippen molar-refractivity contribution in [2.45, 2.75) is 0 Å². The molecule has 0 unspecified atom stereocenters. The lowest BCUT2D eigenvalue weighted by Crippen LogP contribution is -1.78. The van der Waals surface area contributed by atoms with Gasteiger partial charge in [-0.15, -0.1) is 34.0 Å². The molecule has 0 fully saturated rings. The minimum absolute atomic E-state index is 1.29. The van der Waals surface area contributed by atoms with Gasteiger partial charge >= 0.3 is 0 Å². The highest BCUT2D eigenvalue weighted by molar-refractivity contribution is 7.21. The van der Waals surface area contributed by atoms with Crippen molar-refractivity contribution in [1.82, 2.24) is 0 Å². The molecule has 0 saturated heterocycles. The smallest absolute Gasteiger partial charge is 0.0529 e. The second-order valence-corrected chi connectivity index (χ2v) is 7.45. The first kappa shape index (κ1) is 13.0. The lowest BCUT2D eigenvalue weighted by atomic mass is 10.0. The first-order valence-electron chi connectivity index (χ1n) is 6.68. The molecule has 3 aromatic heterocycles. The summed E-state index contributed by atoms with van der Waals surface area (Å²) in [5.41, 5.74) is 3.98. The molecule has 0 aliphatic rings. The van der Waals surface area contributed by atoms with Gasteiger partial charge in [-0.1, -0.05) is 36.4 Å². The van der Waals surface area contributed by atoms with Crippen LogP contribution in [0.15, 0.2) is 70.7 Å². The number of rotatable bonds is 3. The molecule has 0 amide bonds. The third-order valence-corrected chi connectivity index (χ3v) is 6.32. The molecule has 3 heterocycles. The molecule has 0 aliphatic heterocycles. The van der Waals surface area contributed by atoms with Crippen LogP contribution in [0.25, 0.3) is 31.3 Å². The fraction of sp³-hybridized carbons (Fsp3) is 0. The Labute approximate surface area is 136 Å². The topological polar surface area (TPSA) is 0 Å². The van der Waals surface area contributed by atoms with E-state index in [0.717, 1.165) is 0 Å². The van der Waals surface area contributed by atoms with Gasteiger partial charge in [0.2, 0.25) is 0 Å². The van der Waals surface area contributed by atoms with Crippen molar-refractivity contribution in [3.63, 3.8) is 0 Å². The molecule has 0 N–H and O–H groups in total. The average Bonchev–Trinajstić information content (AvgIpc) is 3.27. The summed E-state index contributed by atoms with van der Waals surface area (Å²) >= 11 is 5.46. The molecule has 0 atom stereocenters. The van der Waals surface area contributed by atoms with E-state index in [4.69, 9.17) is 0 Å². The van der Waals surface area contributed by atoms with Crippen LogP contribution in [0.4, 0.5) is 0 Å². The summed E-state index contributed by atoms with van der Waals surface area (Å²) in [7, 11) is 0. The van der Waals surface area contributed by atoms with Gasteiger partial charge in [0.15, 0.2) is 0 Å². The molecular formula is C18H12S3. The Morgan fingerprint density at radius 2 is 1.29 bits per heavy atom. The van der Waals surface area contributed by atoms with Crippen molar-refractivity contribution in [3.05, 3.63) is 70.7 Å². The van der Waals surface area contributed by atoms with Crippen LogP contribution in [0.3, 0.4) is 0 Å². The lowest BCUT2D eigenvalue weighted by Gasteiger charge is -2.05. The van der Waals surface area contributed by atoms with E-state index in [1.807, 2.05) is 34.0 Å². The maximum Gasteiger partial charge on any atom is 0.0529 e. The largest absolute Gasteiger partial charge is 0.143 e. The van der Waals surface area contributed by atoms with Gasteiger partial charge in [0, 0.05) is 20.9 Å². The normalized spacial score (nSPS) is 10.9. The molecule has 21 heavy (non-hydrogen) atoms. The van der Waals surface area contributed by atoms with Crippen molar-refractivity contribution < 1.29 is 0 Å². The maximum atomic E-state index is 2.25. The Morgan fingerprint density at radius 3 is 2.05 bits per heavy atom. The van der Waals surface area contributed by atoms with E-state index in [0.29, 0.717) is 0 Å². The van der Waals surface area contributed by atoms with Crippen LogP contribution in [0.2, 0.25) is 0 Å². The minimum atomic E-state index is 1.29. The highest BCUT2D eigenvalue weighted by Gasteiger charge is 2.15. The van der Waals surface area contributed by atoms with Crippen LogP contribution in [-0.2, 0) is 0 Å². The molecule has 3 heteroatoms. The van der Waals surface area contributed by atoms with Gasteiger partial charge < -0.3 is 0 Å². The third-order valence-electron chi connectivity index (χ3n) is 3.40. The van der Waals surface area contributed by atoms with Gasteiger partial charge in [-0.3, -0.25) is 0 Å². The molecular weight excluding hydrogens is 312 g/mol. The predicted molar refractivity (Wildman–Crippen MR) is 96.4 cm³/mol. The molecule has 1 aromatic carbocycles. The average molecular weight is 324 g/mol. The summed E-state index contributed by atoms with van der Waals surface area (Å²) in [6.45, 7) is 0. The molecule has 4 aromatic rings. The van der Waals surface area contributed by atoms with E-state index < -0.39 is 0 Å². The Morgan fingerprint density at radius 1 is 0.524 bits per heavy atom. The molecule has 0 nitrogen and oxygen atoms in total. The van der Waals surface area contributed by atoms with E-state index >= 15 is 0 Å². The van der Waals surface area contributed by atoms with Gasteiger partial charge in [0.25, 0.3) is 0 Å². The second kappa shape index (κ2) is 5.60. The van der Waals surface area contributed by atoms with Gasteiger partial charge in [-0.25, -0.2) is 0 Å². The van der Waals surface area contributed by atoms with Crippen LogP contribution < -0.4 is 0 Å². The molecule has 0 radical (unpaired) electrons. The molecule has 0 bridgehead atoms. The van der Waals surface area contributed by atoms with Gasteiger partial charge in [-0.2, -0.15) is 0 Å². The summed E-state index contributed by atoms with van der Waals surface area (Å²) in [6.07, 6.45) is 0. The van der Waals surface area contributed by atoms with Gasteiger partial charge in [-0.05, 0) is 39.9 Å². The maximum absolute atomic E-state index is 2.25. The van der Waals surface area contributed by atoms with Crippen LogP contribution >= 0.6 is 34.0 Å². The second-order valence-electron chi connectivity index (χ2n) is 4.67. The van der Waals surface area contributed by atoms with E-state index in [2.05, 4.69) is 70.7 Å². The summed E-state index contributed by atoms with van der Waals surface area (Å²) in [5.74, 6) is 0. The molecule has 102 valence electrons. The first-order valence-corrected chi connectivity index (χ1v) is 9.32. The van der Waals surface area contributed by atoms with E-state index in [9.17, 15) is 0 Å². The van der Waals surface area contributed by atoms with Crippen molar-refractivity contribution in [2.24, 2.45) is 0 Å². The highest BCUT2D eigenvalue weighted by atomic mass is 32.1. The Bertz CT molecular complexity index is 836. The van der Waals surface area contributed by atoms with E-state index in [1.165, 1.54) is 31.3 Å². The molecule has 0 spiro atoms. The fourth-order valence-corrected chi connectivity index (χ4v) is 5.25. The van der Waals surface area contributed by atoms with Crippen LogP contribution in [0.1, 0.15) is 0 Å². The molecule has 0 saturated carbocycles. The lowest BCUT2D eigenvalue weighted by molar-refractivity contribution is 1.67. The van der Waals surface area contributed by atoms with Crippen molar-refractivity contribution >= 4 is 34.0 Å². The third kappa shape index (κ3) is 2.38. The van der Waals surface area contributed by atoms with Crippen molar-refractivity contribution in [1.29, 1.82) is 0 Å². The summed E-state index contributed by atoms with van der Waals surface area (Å²) in [4.78, 5) is 4.10. The monoisotopic (exact) mass is 324 g/mol. The summed E-state index contributed by atoms with van der Waals surface area (Å²) in [6, 6.07) is 19.4. The number of hydrogen-bond acceptors (Lipinski definition) is 3. The zero-order valence-electron chi connectivity index (χ0n) is 11.2. The first-order chi connectivity index (χ1) is 10.4. The van der Waals surface area contributed by atoms with Crippen LogP contribution in [-0.4, -0.2) is 0 Å². The zero-order chi connectivity index (χ0) is 14.1.